The van der Waals surface area contributed by atoms with Crippen LogP contribution in [0.4, 0.5) is 0 Å². The van der Waals surface area contributed by atoms with E-state index in [4.69, 9.17) is 0 Å². The second-order valence-electron chi connectivity index (χ2n) is 13.0. The summed E-state index contributed by atoms with van der Waals surface area (Å²) >= 11 is 0. The average Bonchev–Trinajstić information content (AvgIpc) is 3.67. The third-order valence-electron chi connectivity index (χ3n) is 10.3. The Morgan fingerprint density at radius 2 is 1.17 bits per heavy atom. The molecule has 0 saturated carbocycles. The number of nitrogens with zero attached hydrogens (tertiary/aromatic N) is 2. The highest BCUT2D eigenvalue weighted by Crippen LogP contribution is 2.39. The molecule has 8 aromatic rings. The van der Waals surface area contributed by atoms with E-state index in [1.54, 1.807) is 0 Å². The predicted molar refractivity (Wildman–Crippen MR) is 200 cm³/mol. The van der Waals surface area contributed by atoms with Crippen molar-refractivity contribution in [1.29, 1.82) is 0 Å². The minimum absolute atomic E-state index is 0.107. The lowest BCUT2D eigenvalue weighted by molar-refractivity contribution is 0.329. The molecule has 0 saturated heterocycles. The molecular weight excluding hydrogens is 585 g/mol. The van der Waals surface area contributed by atoms with Crippen LogP contribution in [0.15, 0.2) is 163 Å². The van der Waals surface area contributed by atoms with Gasteiger partial charge in [-0.25, -0.2) is 0 Å². The molecule has 48 heavy (non-hydrogen) atoms. The van der Waals surface area contributed by atoms with Crippen LogP contribution >= 0.6 is 0 Å². The Hall–Kier alpha value is -5.84. The Morgan fingerprint density at radius 1 is 0.521 bits per heavy atom. The van der Waals surface area contributed by atoms with Gasteiger partial charge in [0, 0.05) is 39.0 Å². The molecule has 230 valence electrons. The summed E-state index contributed by atoms with van der Waals surface area (Å²) in [4.78, 5) is 0. The second-order valence-corrected chi connectivity index (χ2v) is 13.0. The molecule has 0 fully saturated rings. The summed E-state index contributed by atoms with van der Waals surface area (Å²) in [5, 5.41) is 13.0. The minimum atomic E-state index is -0.107. The molecule has 4 heteroatoms. The van der Waals surface area contributed by atoms with Gasteiger partial charge in [-0.05, 0) is 77.6 Å². The Morgan fingerprint density at radius 3 is 2.00 bits per heavy atom. The Kier molecular flexibility index (Phi) is 6.18. The summed E-state index contributed by atoms with van der Waals surface area (Å²) < 4.78 is 4.86. The molecule has 4 nitrogen and oxygen atoms in total. The Bertz CT molecular complexity index is 2570. The molecular formula is C44H34N4. The topological polar surface area (TPSA) is 33.9 Å². The maximum absolute atomic E-state index is 4.00. The minimum Gasteiger partial charge on any atom is -0.352 e. The van der Waals surface area contributed by atoms with E-state index in [2.05, 4.69) is 178 Å². The van der Waals surface area contributed by atoms with Crippen molar-refractivity contribution in [1.82, 2.24) is 19.8 Å². The number of benzene rings is 6. The van der Waals surface area contributed by atoms with Crippen LogP contribution in [0.25, 0.3) is 66.1 Å². The van der Waals surface area contributed by atoms with Crippen LogP contribution in [-0.4, -0.2) is 15.2 Å². The van der Waals surface area contributed by atoms with Gasteiger partial charge in [-0.15, -0.1) is 0 Å². The van der Waals surface area contributed by atoms with Crippen LogP contribution in [0.1, 0.15) is 24.7 Å². The monoisotopic (exact) mass is 618 g/mol. The lowest BCUT2D eigenvalue weighted by Gasteiger charge is -2.38. The number of hydrogen-bond donors (Lipinski definition) is 2. The predicted octanol–water partition coefficient (Wildman–Crippen LogP) is 10.3. The summed E-state index contributed by atoms with van der Waals surface area (Å²) in [5.74, 6) is 0. The molecule has 2 aromatic heterocycles. The van der Waals surface area contributed by atoms with Crippen LogP contribution in [0.2, 0.25) is 0 Å². The van der Waals surface area contributed by atoms with Gasteiger partial charge >= 0.3 is 0 Å². The SMILES string of the molecule is C1=CC2=C(c3ccccc3)NC(n3c4ccccc4c4ccc(-c5ccc6c(c5)c5ccccc5n6-c5ccccc5)cc43)NC2CC1. The van der Waals surface area contributed by atoms with E-state index in [1.807, 2.05) is 0 Å². The van der Waals surface area contributed by atoms with E-state index in [0.29, 0.717) is 0 Å². The zero-order chi connectivity index (χ0) is 31.6. The van der Waals surface area contributed by atoms with Gasteiger partial charge in [0.25, 0.3) is 0 Å². The first-order chi connectivity index (χ1) is 23.8. The molecule has 2 atom stereocenters. The number of aromatic nitrogens is 2. The van der Waals surface area contributed by atoms with Crippen molar-refractivity contribution in [2.45, 2.75) is 25.2 Å². The largest absolute Gasteiger partial charge is 0.352 e. The molecule has 2 N–H and O–H groups in total. The normalized spacial score (nSPS) is 17.8. The fourth-order valence-electron chi connectivity index (χ4n) is 8.09. The van der Waals surface area contributed by atoms with E-state index in [9.17, 15) is 0 Å². The zero-order valence-electron chi connectivity index (χ0n) is 26.5. The third kappa shape index (κ3) is 4.20. The number of fused-ring (bicyclic) bond motifs is 7. The maximum atomic E-state index is 4.00. The van der Waals surface area contributed by atoms with Gasteiger partial charge in [0.2, 0.25) is 0 Å². The van der Waals surface area contributed by atoms with Gasteiger partial charge in [-0.3, -0.25) is 5.32 Å². The van der Waals surface area contributed by atoms with Crippen molar-refractivity contribution < 1.29 is 0 Å². The molecule has 10 rings (SSSR count). The lowest BCUT2D eigenvalue weighted by Crippen LogP contribution is -2.49. The molecule has 3 heterocycles. The van der Waals surface area contributed by atoms with Crippen molar-refractivity contribution in [3.63, 3.8) is 0 Å². The summed E-state index contributed by atoms with van der Waals surface area (Å²) in [6, 6.07) is 53.2. The first kappa shape index (κ1) is 27.3. The van der Waals surface area contributed by atoms with E-state index < -0.39 is 0 Å². The number of rotatable bonds is 4. The smallest absolute Gasteiger partial charge is 0.160 e. The first-order valence-corrected chi connectivity index (χ1v) is 16.9. The summed E-state index contributed by atoms with van der Waals surface area (Å²) in [6.07, 6.45) is 6.67. The van der Waals surface area contributed by atoms with E-state index in [1.165, 1.54) is 77.3 Å². The molecule has 2 aliphatic rings. The van der Waals surface area contributed by atoms with Crippen LogP contribution in [0, 0.1) is 0 Å². The van der Waals surface area contributed by atoms with Crippen LogP contribution in [-0.2, 0) is 0 Å². The molecule has 1 aliphatic heterocycles. The van der Waals surface area contributed by atoms with Gasteiger partial charge in [-0.1, -0.05) is 115 Å². The molecule has 6 aromatic carbocycles. The highest BCUT2D eigenvalue weighted by Gasteiger charge is 2.31. The number of nitrogens with one attached hydrogen (secondary N) is 2. The summed E-state index contributed by atoms with van der Waals surface area (Å²) in [5.41, 5.74) is 12.2. The van der Waals surface area contributed by atoms with Gasteiger partial charge in [0.1, 0.15) is 0 Å². The highest BCUT2D eigenvalue weighted by molar-refractivity contribution is 6.12. The van der Waals surface area contributed by atoms with Gasteiger partial charge in [0.15, 0.2) is 6.29 Å². The Labute approximate surface area is 279 Å². The fraction of sp³-hybridized carbons (Fsp3) is 0.0909. The highest BCUT2D eigenvalue weighted by atomic mass is 15.3. The number of allylic oxidation sites excluding steroid dienone is 1. The first-order valence-electron chi connectivity index (χ1n) is 16.9. The molecule has 0 amide bonds. The number of para-hydroxylation sites is 3. The van der Waals surface area contributed by atoms with Gasteiger partial charge in [0.05, 0.1) is 22.1 Å². The van der Waals surface area contributed by atoms with Crippen LogP contribution in [0.3, 0.4) is 0 Å². The molecule has 0 radical (unpaired) electrons. The standard InChI is InChI=1S/C44H34N4/c1-3-13-29(14-4-1)43-36-19-7-10-20-38(36)45-44(46-43)48-40-22-12-8-17-33(40)35-25-23-31(28-42(35)48)30-24-26-41-37(27-30)34-18-9-11-21-39(34)47(41)32-15-5-2-6-16-32/h1-9,11-19,21-28,38,44-46H,10,20H2. The quantitative estimate of drug-likeness (QED) is 0.206. The van der Waals surface area contributed by atoms with Crippen molar-refractivity contribution in [3.8, 4) is 16.8 Å². The van der Waals surface area contributed by atoms with E-state index in [-0.39, 0.29) is 12.3 Å². The summed E-state index contributed by atoms with van der Waals surface area (Å²) in [7, 11) is 0. The van der Waals surface area contributed by atoms with Crippen LogP contribution in [0.5, 0.6) is 0 Å². The molecule has 0 spiro atoms. The van der Waals surface area contributed by atoms with Gasteiger partial charge < -0.3 is 14.5 Å². The average molecular weight is 619 g/mol. The van der Waals surface area contributed by atoms with Crippen molar-refractivity contribution >= 4 is 49.3 Å². The second kappa shape index (κ2) is 10.9. The van der Waals surface area contributed by atoms with Gasteiger partial charge in [-0.2, -0.15) is 0 Å². The molecule has 1 aliphatic carbocycles. The fourth-order valence-corrected chi connectivity index (χ4v) is 8.09. The van der Waals surface area contributed by atoms with E-state index >= 15 is 0 Å². The maximum Gasteiger partial charge on any atom is 0.160 e. The van der Waals surface area contributed by atoms with Crippen molar-refractivity contribution in [2.75, 3.05) is 0 Å². The van der Waals surface area contributed by atoms with E-state index in [0.717, 1.165) is 12.8 Å². The van der Waals surface area contributed by atoms with Crippen molar-refractivity contribution in [3.05, 3.63) is 169 Å². The lowest BCUT2D eigenvalue weighted by atomic mass is 9.90. The van der Waals surface area contributed by atoms with Crippen LogP contribution < -0.4 is 10.6 Å². The summed E-state index contributed by atoms with van der Waals surface area (Å²) in [6.45, 7) is 0. The third-order valence-corrected chi connectivity index (χ3v) is 10.3. The molecule has 2 unspecified atom stereocenters. The zero-order valence-corrected chi connectivity index (χ0v) is 26.5. The Balaban J connectivity index is 1.15. The number of hydrogen-bond acceptors (Lipinski definition) is 2. The van der Waals surface area contributed by atoms with Crippen molar-refractivity contribution in [2.24, 2.45) is 0 Å². The molecule has 0 bridgehead atoms.